The second-order valence-electron chi connectivity index (χ2n) is 4.01. The molecule has 1 aromatic carbocycles. The lowest BCUT2D eigenvalue weighted by Gasteiger charge is -2.11. The van der Waals surface area contributed by atoms with E-state index >= 15 is 0 Å². The first kappa shape index (κ1) is 9.53. The van der Waals surface area contributed by atoms with Gasteiger partial charge in [0, 0.05) is 18.2 Å². The summed E-state index contributed by atoms with van der Waals surface area (Å²) in [5.41, 5.74) is 4.29. The molecule has 0 fully saturated rings. The normalized spacial score (nSPS) is 19.1. The van der Waals surface area contributed by atoms with E-state index in [0.717, 1.165) is 13.1 Å². The highest BCUT2D eigenvalue weighted by Crippen LogP contribution is 2.35. The van der Waals surface area contributed by atoms with E-state index in [0.29, 0.717) is 5.92 Å². The van der Waals surface area contributed by atoms with Gasteiger partial charge in [-0.05, 0) is 44.1 Å². The molecule has 1 aliphatic rings. The lowest BCUT2D eigenvalue weighted by atomic mass is 9.94. The van der Waals surface area contributed by atoms with Crippen molar-refractivity contribution in [3.05, 3.63) is 29.3 Å². The highest BCUT2D eigenvalue weighted by Gasteiger charge is 2.22. The molecule has 2 rings (SSSR count). The molecule has 2 heteroatoms. The number of benzene rings is 1. The Morgan fingerprint density at radius 2 is 2.36 bits per heavy atom. The van der Waals surface area contributed by atoms with Crippen LogP contribution < -0.4 is 10.6 Å². The molecule has 2 nitrogen and oxygen atoms in total. The third-order valence-electron chi connectivity index (χ3n) is 3.01. The van der Waals surface area contributed by atoms with Crippen molar-refractivity contribution in [2.24, 2.45) is 0 Å². The Morgan fingerprint density at radius 3 is 3.14 bits per heavy atom. The number of rotatable bonds is 3. The Balaban J connectivity index is 2.20. The average molecular weight is 190 g/mol. The van der Waals surface area contributed by atoms with Gasteiger partial charge in [-0.3, -0.25) is 0 Å². The van der Waals surface area contributed by atoms with Gasteiger partial charge in [0.1, 0.15) is 0 Å². The Morgan fingerprint density at radius 1 is 1.50 bits per heavy atom. The van der Waals surface area contributed by atoms with E-state index < -0.39 is 0 Å². The van der Waals surface area contributed by atoms with Crippen LogP contribution in [0.25, 0.3) is 0 Å². The standard InChI is InChI=1S/C12H18N2/c1-9-4-3-5-11-12(9)10(8-14-11)6-7-13-2/h3-5,10,13-14H,6-8H2,1-2H3. The van der Waals surface area contributed by atoms with Crippen LogP contribution >= 0.6 is 0 Å². The van der Waals surface area contributed by atoms with Gasteiger partial charge in [0.2, 0.25) is 0 Å². The molecular weight excluding hydrogens is 172 g/mol. The molecule has 14 heavy (non-hydrogen) atoms. The number of aryl methyl sites for hydroxylation is 1. The number of anilines is 1. The lowest BCUT2D eigenvalue weighted by Crippen LogP contribution is -2.13. The monoisotopic (exact) mass is 190 g/mol. The number of hydrogen-bond donors (Lipinski definition) is 2. The van der Waals surface area contributed by atoms with Crippen molar-refractivity contribution in [2.45, 2.75) is 19.3 Å². The number of fused-ring (bicyclic) bond motifs is 1. The Kier molecular flexibility index (Phi) is 2.73. The molecule has 0 radical (unpaired) electrons. The van der Waals surface area contributed by atoms with E-state index in [-0.39, 0.29) is 0 Å². The molecule has 1 aliphatic heterocycles. The summed E-state index contributed by atoms with van der Waals surface area (Å²) in [5, 5.41) is 6.69. The molecular formula is C12H18N2. The maximum Gasteiger partial charge on any atom is 0.0379 e. The third-order valence-corrected chi connectivity index (χ3v) is 3.01. The smallest absolute Gasteiger partial charge is 0.0379 e. The molecule has 1 unspecified atom stereocenters. The summed E-state index contributed by atoms with van der Waals surface area (Å²) in [7, 11) is 2.02. The van der Waals surface area contributed by atoms with Gasteiger partial charge in [0.15, 0.2) is 0 Å². The first-order chi connectivity index (χ1) is 6.83. The van der Waals surface area contributed by atoms with Gasteiger partial charge in [0.25, 0.3) is 0 Å². The Bertz CT molecular complexity index is 320. The summed E-state index contributed by atoms with van der Waals surface area (Å²) in [6.45, 7) is 4.40. The minimum absolute atomic E-state index is 0.693. The van der Waals surface area contributed by atoms with Crippen LogP contribution in [0.1, 0.15) is 23.5 Å². The molecule has 76 valence electrons. The zero-order valence-corrected chi connectivity index (χ0v) is 8.93. The van der Waals surface area contributed by atoms with Crippen molar-refractivity contribution in [3.8, 4) is 0 Å². The predicted octanol–water partition coefficient (Wildman–Crippen LogP) is 2.11. The van der Waals surface area contributed by atoms with E-state index in [1.807, 2.05) is 7.05 Å². The van der Waals surface area contributed by atoms with Crippen molar-refractivity contribution in [3.63, 3.8) is 0 Å². The van der Waals surface area contributed by atoms with Crippen LogP contribution in [-0.4, -0.2) is 20.1 Å². The van der Waals surface area contributed by atoms with E-state index in [1.165, 1.54) is 23.2 Å². The van der Waals surface area contributed by atoms with Crippen molar-refractivity contribution in [1.29, 1.82) is 0 Å². The fourth-order valence-corrected chi connectivity index (χ4v) is 2.28. The van der Waals surface area contributed by atoms with Gasteiger partial charge >= 0.3 is 0 Å². The molecule has 1 heterocycles. The van der Waals surface area contributed by atoms with Gasteiger partial charge in [0.05, 0.1) is 0 Å². The van der Waals surface area contributed by atoms with Gasteiger partial charge in [-0.1, -0.05) is 12.1 Å². The molecule has 0 aromatic heterocycles. The van der Waals surface area contributed by atoms with E-state index in [9.17, 15) is 0 Å². The minimum Gasteiger partial charge on any atom is -0.384 e. The SMILES string of the molecule is CNCCC1CNc2cccc(C)c21. The van der Waals surface area contributed by atoms with Gasteiger partial charge in [-0.25, -0.2) is 0 Å². The van der Waals surface area contributed by atoms with Crippen LogP contribution in [0.5, 0.6) is 0 Å². The van der Waals surface area contributed by atoms with Crippen LogP contribution in [0.3, 0.4) is 0 Å². The highest BCUT2D eigenvalue weighted by atomic mass is 14.9. The van der Waals surface area contributed by atoms with Gasteiger partial charge in [-0.2, -0.15) is 0 Å². The number of nitrogens with one attached hydrogen (secondary N) is 2. The van der Waals surface area contributed by atoms with Crippen LogP contribution in [0.4, 0.5) is 5.69 Å². The largest absolute Gasteiger partial charge is 0.384 e. The molecule has 1 atom stereocenters. The summed E-state index contributed by atoms with van der Waals surface area (Å²) in [6.07, 6.45) is 1.22. The topological polar surface area (TPSA) is 24.1 Å². The lowest BCUT2D eigenvalue weighted by molar-refractivity contribution is 0.632. The molecule has 0 amide bonds. The van der Waals surface area contributed by atoms with Crippen LogP contribution in [0, 0.1) is 6.92 Å². The first-order valence-electron chi connectivity index (χ1n) is 5.31. The van der Waals surface area contributed by atoms with Crippen LogP contribution in [-0.2, 0) is 0 Å². The van der Waals surface area contributed by atoms with Crippen LogP contribution in [0.2, 0.25) is 0 Å². The highest BCUT2D eigenvalue weighted by molar-refractivity contribution is 5.60. The summed E-state index contributed by atoms with van der Waals surface area (Å²) in [6, 6.07) is 6.52. The van der Waals surface area contributed by atoms with Gasteiger partial charge < -0.3 is 10.6 Å². The minimum atomic E-state index is 0.693. The zero-order valence-electron chi connectivity index (χ0n) is 8.93. The molecule has 0 saturated heterocycles. The quantitative estimate of drug-likeness (QED) is 0.763. The van der Waals surface area contributed by atoms with Crippen molar-refractivity contribution in [1.82, 2.24) is 5.32 Å². The first-order valence-corrected chi connectivity index (χ1v) is 5.31. The summed E-state index contributed by atoms with van der Waals surface area (Å²) in [4.78, 5) is 0. The summed E-state index contributed by atoms with van der Waals surface area (Å²) in [5.74, 6) is 0.693. The molecule has 0 aliphatic carbocycles. The second-order valence-corrected chi connectivity index (χ2v) is 4.01. The van der Waals surface area contributed by atoms with Crippen molar-refractivity contribution >= 4 is 5.69 Å². The maximum atomic E-state index is 3.47. The van der Waals surface area contributed by atoms with Crippen LogP contribution in [0.15, 0.2) is 18.2 Å². The van der Waals surface area contributed by atoms with Crippen molar-refractivity contribution in [2.75, 3.05) is 25.5 Å². The fourth-order valence-electron chi connectivity index (χ4n) is 2.28. The fraction of sp³-hybridized carbons (Fsp3) is 0.500. The molecule has 1 aromatic rings. The summed E-state index contributed by atoms with van der Waals surface area (Å²) >= 11 is 0. The van der Waals surface area contributed by atoms with E-state index in [1.54, 1.807) is 0 Å². The maximum absolute atomic E-state index is 3.47. The molecule has 0 spiro atoms. The number of hydrogen-bond acceptors (Lipinski definition) is 2. The molecule has 0 bridgehead atoms. The Hall–Kier alpha value is -1.02. The van der Waals surface area contributed by atoms with E-state index in [4.69, 9.17) is 0 Å². The van der Waals surface area contributed by atoms with Crippen molar-refractivity contribution < 1.29 is 0 Å². The molecule has 2 N–H and O–H groups in total. The second kappa shape index (κ2) is 4.01. The predicted molar refractivity (Wildman–Crippen MR) is 61.0 cm³/mol. The zero-order chi connectivity index (χ0) is 9.97. The summed E-state index contributed by atoms with van der Waals surface area (Å²) < 4.78 is 0. The average Bonchev–Trinajstić information content (AvgIpc) is 2.59. The Labute approximate surface area is 85.7 Å². The molecule has 0 saturated carbocycles. The van der Waals surface area contributed by atoms with Gasteiger partial charge in [-0.15, -0.1) is 0 Å². The van der Waals surface area contributed by atoms with E-state index in [2.05, 4.69) is 35.8 Å². The third kappa shape index (κ3) is 1.62.